The van der Waals surface area contributed by atoms with E-state index in [1.54, 1.807) is 12.1 Å². The van der Waals surface area contributed by atoms with Gasteiger partial charge in [0.2, 0.25) is 0 Å². The number of benzene rings is 1. The van der Waals surface area contributed by atoms with E-state index in [2.05, 4.69) is 28.6 Å². The summed E-state index contributed by atoms with van der Waals surface area (Å²) in [6, 6.07) is 7.41. The van der Waals surface area contributed by atoms with Gasteiger partial charge in [-0.05, 0) is 25.1 Å². The molecule has 0 aliphatic carbocycles. The minimum Gasteiger partial charge on any atom is -0.493 e. The first-order valence-electron chi connectivity index (χ1n) is 4.59. The first-order chi connectivity index (χ1) is 7.11. The number of hydrogen-bond acceptors (Lipinski definition) is 2. The maximum absolute atomic E-state index is 8.76. The van der Waals surface area contributed by atoms with Crippen LogP contribution in [0, 0.1) is 11.3 Å². The Bertz CT molecular complexity index is 407. The fourth-order valence-corrected chi connectivity index (χ4v) is 1.53. The Morgan fingerprint density at radius 1 is 1.53 bits per heavy atom. The second-order valence-electron chi connectivity index (χ2n) is 3.34. The Kier molecular flexibility index (Phi) is 4.38. The maximum Gasteiger partial charge on any atom is 0.121 e. The van der Waals surface area contributed by atoms with Crippen LogP contribution in [0.5, 0.6) is 5.75 Å². The van der Waals surface area contributed by atoms with Crippen LogP contribution in [0.2, 0.25) is 0 Å². The number of nitrogens with zero attached hydrogens (tertiary/aromatic N) is 1. The van der Waals surface area contributed by atoms with Crippen molar-refractivity contribution in [1.82, 2.24) is 0 Å². The molecule has 15 heavy (non-hydrogen) atoms. The Labute approximate surface area is 98.3 Å². The smallest absolute Gasteiger partial charge is 0.121 e. The van der Waals surface area contributed by atoms with Gasteiger partial charge in [0.05, 0.1) is 18.2 Å². The molecule has 0 amide bonds. The number of nitriles is 1. The van der Waals surface area contributed by atoms with Crippen LogP contribution < -0.4 is 4.74 Å². The van der Waals surface area contributed by atoms with E-state index in [9.17, 15) is 0 Å². The number of ether oxygens (including phenoxy) is 1. The molecule has 0 aliphatic heterocycles. The van der Waals surface area contributed by atoms with Gasteiger partial charge in [-0.25, -0.2) is 0 Å². The van der Waals surface area contributed by atoms with Gasteiger partial charge in [0.25, 0.3) is 0 Å². The van der Waals surface area contributed by atoms with E-state index in [0.717, 1.165) is 16.5 Å². The summed E-state index contributed by atoms with van der Waals surface area (Å²) in [6.45, 7) is 6.35. The van der Waals surface area contributed by atoms with E-state index < -0.39 is 0 Å². The van der Waals surface area contributed by atoms with E-state index in [-0.39, 0.29) is 0 Å². The van der Waals surface area contributed by atoms with Crippen molar-refractivity contribution in [3.05, 3.63) is 40.4 Å². The van der Waals surface area contributed by atoms with Crippen LogP contribution >= 0.6 is 15.9 Å². The SMILES string of the molecule is C=C(C)CCOc1cc(Br)cc(C#N)c1. The second-order valence-corrected chi connectivity index (χ2v) is 4.26. The van der Waals surface area contributed by atoms with Crippen LogP contribution in [0.3, 0.4) is 0 Å². The molecule has 1 aromatic rings. The normalized spacial score (nSPS) is 9.40. The molecule has 0 heterocycles. The molecule has 0 spiro atoms. The largest absolute Gasteiger partial charge is 0.493 e. The molecule has 0 bridgehead atoms. The van der Waals surface area contributed by atoms with Crippen molar-refractivity contribution >= 4 is 15.9 Å². The quantitative estimate of drug-likeness (QED) is 0.779. The molecule has 0 N–H and O–H groups in total. The Balaban J connectivity index is 2.65. The summed E-state index contributed by atoms with van der Waals surface area (Å²) in [5.74, 6) is 0.710. The molecule has 1 rings (SSSR count). The fraction of sp³-hybridized carbons (Fsp3) is 0.250. The molecule has 0 unspecified atom stereocenters. The van der Waals surface area contributed by atoms with Crippen molar-refractivity contribution in [1.29, 1.82) is 5.26 Å². The van der Waals surface area contributed by atoms with Gasteiger partial charge in [-0.1, -0.05) is 21.5 Å². The standard InChI is InChI=1S/C12H12BrNO/c1-9(2)3-4-15-12-6-10(8-14)5-11(13)7-12/h5-7H,1,3-4H2,2H3. The third-order valence-corrected chi connectivity index (χ3v) is 2.26. The van der Waals surface area contributed by atoms with Gasteiger partial charge in [0.1, 0.15) is 5.75 Å². The molecule has 78 valence electrons. The molecule has 0 atom stereocenters. The molecular formula is C12H12BrNO. The van der Waals surface area contributed by atoms with Gasteiger partial charge in [0, 0.05) is 10.9 Å². The molecule has 0 fully saturated rings. The number of halogens is 1. The monoisotopic (exact) mass is 265 g/mol. The molecule has 0 radical (unpaired) electrons. The van der Waals surface area contributed by atoms with Crippen molar-refractivity contribution in [2.24, 2.45) is 0 Å². The average Bonchev–Trinajstić information content (AvgIpc) is 2.16. The zero-order chi connectivity index (χ0) is 11.3. The molecular weight excluding hydrogens is 254 g/mol. The summed E-state index contributed by atoms with van der Waals surface area (Å²) in [5.41, 5.74) is 1.68. The van der Waals surface area contributed by atoms with E-state index in [1.807, 2.05) is 13.0 Å². The minimum absolute atomic E-state index is 0.592. The van der Waals surface area contributed by atoms with Crippen LogP contribution in [0.1, 0.15) is 18.9 Å². The molecule has 0 saturated carbocycles. The molecule has 1 aromatic carbocycles. The summed E-state index contributed by atoms with van der Waals surface area (Å²) >= 11 is 3.33. The van der Waals surface area contributed by atoms with Gasteiger partial charge in [0.15, 0.2) is 0 Å². The van der Waals surface area contributed by atoms with Crippen molar-refractivity contribution in [2.45, 2.75) is 13.3 Å². The molecule has 0 aliphatic rings. The molecule has 2 nitrogen and oxygen atoms in total. The third-order valence-electron chi connectivity index (χ3n) is 1.80. The van der Waals surface area contributed by atoms with Gasteiger partial charge in [-0.3, -0.25) is 0 Å². The minimum atomic E-state index is 0.592. The first-order valence-corrected chi connectivity index (χ1v) is 5.39. The highest BCUT2D eigenvalue weighted by Gasteiger charge is 1.99. The summed E-state index contributed by atoms with van der Waals surface area (Å²) < 4.78 is 6.35. The topological polar surface area (TPSA) is 33.0 Å². The lowest BCUT2D eigenvalue weighted by Gasteiger charge is -2.06. The van der Waals surface area contributed by atoms with Crippen molar-refractivity contribution in [3.63, 3.8) is 0 Å². The zero-order valence-electron chi connectivity index (χ0n) is 8.59. The van der Waals surface area contributed by atoms with Gasteiger partial charge in [-0.2, -0.15) is 5.26 Å². The lowest BCUT2D eigenvalue weighted by Crippen LogP contribution is -1.97. The highest BCUT2D eigenvalue weighted by atomic mass is 79.9. The second kappa shape index (κ2) is 5.57. The van der Waals surface area contributed by atoms with E-state index in [4.69, 9.17) is 10.00 Å². The van der Waals surface area contributed by atoms with Crippen molar-refractivity contribution < 1.29 is 4.74 Å². The number of hydrogen-bond donors (Lipinski definition) is 0. The van der Waals surface area contributed by atoms with Crippen molar-refractivity contribution in [3.8, 4) is 11.8 Å². The molecule has 3 heteroatoms. The summed E-state index contributed by atoms with van der Waals surface area (Å²) in [5, 5.41) is 8.76. The summed E-state index contributed by atoms with van der Waals surface area (Å²) in [4.78, 5) is 0. The van der Waals surface area contributed by atoms with Crippen LogP contribution in [-0.2, 0) is 0 Å². The highest BCUT2D eigenvalue weighted by Crippen LogP contribution is 2.21. The summed E-state index contributed by atoms with van der Waals surface area (Å²) in [7, 11) is 0. The molecule has 0 aromatic heterocycles. The lowest BCUT2D eigenvalue weighted by atomic mass is 10.2. The Morgan fingerprint density at radius 2 is 2.27 bits per heavy atom. The first kappa shape index (κ1) is 11.8. The van der Waals surface area contributed by atoms with E-state index in [1.165, 1.54) is 0 Å². The predicted molar refractivity (Wildman–Crippen MR) is 63.8 cm³/mol. The van der Waals surface area contributed by atoms with Crippen LogP contribution in [-0.4, -0.2) is 6.61 Å². The average molecular weight is 266 g/mol. The van der Waals surface area contributed by atoms with Gasteiger partial charge < -0.3 is 4.74 Å². The summed E-state index contributed by atoms with van der Waals surface area (Å²) in [6.07, 6.45) is 0.828. The van der Waals surface area contributed by atoms with E-state index in [0.29, 0.717) is 17.9 Å². The lowest BCUT2D eigenvalue weighted by molar-refractivity contribution is 0.321. The van der Waals surface area contributed by atoms with Gasteiger partial charge >= 0.3 is 0 Å². The van der Waals surface area contributed by atoms with Crippen LogP contribution in [0.4, 0.5) is 0 Å². The van der Waals surface area contributed by atoms with Crippen molar-refractivity contribution in [2.75, 3.05) is 6.61 Å². The van der Waals surface area contributed by atoms with Crippen LogP contribution in [0.15, 0.2) is 34.8 Å². The fourth-order valence-electron chi connectivity index (χ4n) is 1.05. The number of rotatable bonds is 4. The Morgan fingerprint density at radius 3 is 2.87 bits per heavy atom. The zero-order valence-corrected chi connectivity index (χ0v) is 10.2. The maximum atomic E-state index is 8.76. The predicted octanol–water partition coefficient (Wildman–Crippen LogP) is 3.67. The van der Waals surface area contributed by atoms with Crippen LogP contribution in [0.25, 0.3) is 0 Å². The Hall–Kier alpha value is -1.27. The van der Waals surface area contributed by atoms with E-state index >= 15 is 0 Å². The molecule has 0 saturated heterocycles. The highest BCUT2D eigenvalue weighted by molar-refractivity contribution is 9.10. The third kappa shape index (κ3) is 4.18. The van der Waals surface area contributed by atoms with Gasteiger partial charge in [-0.15, -0.1) is 6.58 Å².